The first kappa shape index (κ1) is 31.3. The Bertz CT molecular complexity index is 1130. The minimum atomic E-state index is -0.751. The molecule has 3 rings (SSSR count). The molecular weight excluding hydrogens is 503 g/mol. The van der Waals surface area contributed by atoms with Crippen molar-refractivity contribution in [1.82, 2.24) is 9.97 Å². The molecule has 0 fully saturated rings. The van der Waals surface area contributed by atoms with Gasteiger partial charge in [-0.15, -0.1) is 0 Å². The number of benzene rings is 2. The topological polar surface area (TPSA) is 61.3 Å². The molecule has 0 radical (unpaired) electrons. The van der Waals surface area contributed by atoms with E-state index in [4.69, 9.17) is 9.47 Å². The number of rotatable bonds is 19. The van der Waals surface area contributed by atoms with Gasteiger partial charge in [-0.05, 0) is 61.2 Å². The zero-order valence-corrected chi connectivity index (χ0v) is 24.3. The van der Waals surface area contributed by atoms with Gasteiger partial charge in [0.2, 0.25) is 0 Å². The lowest BCUT2D eigenvalue weighted by molar-refractivity contribution is 0.0730. The second-order valence-corrected chi connectivity index (χ2v) is 10.5. The molecule has 3 aromatic rings. The third-order valence-electron chi connectivity index (χ3n) is 7.02. The molecule has 40 heavy (non-hydrogen) atoms. The molecule has 0 aliphatic heterocycles. The van der Waals surface area contributed by atoms with Crippen LogP contribution in [0.2, 0.25) is 0 Å². The minimum Gasteiger partial charge on any atom is -0.493 e. The fourth-order valence-corrected chi connectivity index (χ4v) is 4.58. The number of unbranched alkanes of at least 4 members (excludes halogenated alkanes) is 11. The van der Waals surface area contributed by atoms with Gasteiger partial charge < -0.3 is 9.47 Å². The smallest absolute Gasteiger partial charge is 0.346 e. The molecule has 0 aliphatic carbocycles. The summed E-state index contributed by atoms with van der Waals surface area (Å²) in [7, 11) is 0. The molecule has 1 aromatic heterocycles. The van der Waals surface area contributed by atoms with E-state index in [1.165, 1.54) is 76.3 Å². The highest BCUT2D eigenvalue weighted by Gasteiger charge is 2.15. The third-order valence-corrected chi connectivity index (χ3v) is 7.02. The lowest BCUT2D eigenvalue weighted by Gasteiger charge is -2.09. The van der Waals surface area contributed by atoms with Crippen molar-refractivity contribution in [3.63, 3.8) is 0 Å². The number of aromatic nitrogens is 2. The van der Waals surface area contributed by atoms with Gasteiger partial charge in [0.15, 0.2) is 5.82 Å². The average Bonchev–Trinajstić information content (AvgIpc) is 2.97. The van der Waals surface area contributed by atoms with Crippen LogP contribution in [-0.4, -0.2) is 22.5 Å². The van der Waals surface area contributed by atoms with Gasteiger partial charge in [0.05, 0.1) is 12.2 Å². The van der Waals surface area contributed by atoms with Crippen LogP contribution >= 0.6 is 0 Å². The van der Waals surface area contributed by atoms with Crippen molar-refractivity contribution in [3.05, 3.63) is 71.8 Å². The lowest BCUT2D eigenvalue weighted by atomic mass is 10.1. The first-order chi connectivity index (χ1) is 19.6. The van der Waals surface area contributed by atoms with Gasteiger partial charge in [0.1, 0.15) is 17.3 Å². The Hall–Kier alpha value is -3.28. The van der Waals surface area contributed by atoms with Crippen molar-refractivity contribution in [2.45, 2.75) is 104 Å². The van der Waals surface area contributed by atoms with E-state index < -0.39 is 11.8 Å². The van der Waals surface area contributed by atoms with Crippen LogP contribution in [-0.2, 0) is 6.42 Å². The third kappa shape index (κ3) is 11.1. The molecule has 0 spiro atoms. The molecule has 216 valence electrons. The Balaban J connectivity index is 1.42. The predicted octanol–water partition coefficient (Wildman–Crippen LogP) is 9.53. The van der Waals surface area contributed by atoms with E-state index in [9.17, 15) is 9.18 Å². The van der Waals surface area contributed by atoms with Crippen molar-refractivity contribution in [2.24, 2.45) is 0 Å². The molecule has 0 amide bonds. The second kappa shape index (κ2) is 18.1. The van der Waals surface area contributed by atoms with Crippen LogP contribution in [0, 0.1) is 5.82 Å². The van der Waals surface area contributed by atoms with Crippen LogP contribution < -0.4 is 9.47 Å². The number of hydrogen-bond acceptors (Lipinski definition) is 5. The molecule has 2 aromatic carbocycles. The molecule has 6 heteroatoms. The summed E-state index contributed by atoms with van der Waals surface area (Å²) in [5.74, 6) is -0.0507. The van der Waals surface area contributed by atoms with E-state index >= 15 is 0 Å². The fourth-order valence-electron chi connectivity index (χ4n) is 4.58. The van der Waals surface area contributed by atoms with Crippen LogP contribution in [0.4, 0.5) is 4.39 Å². The molecule has 0 saturated heterocycles. The van der Waals surface area contributed by atoms with Gasteiger partial charge in [-0.3, -0.25) is 0 Å². The second-order valence-electron chi connectivity index (χ2n) is 10.5. The van der Waals surface area contributed by atoms with Crippen molar-refractivity contribution < 1.29 is 18.7 Å². The molecule has 0 aliphatic rings. The average molecular weight is 549 g/mol. The standard InChI is InChI=1S/C34H45FN2O3/c1-3-5-7-9-10-11-13-15-23-39-30-21-22-31(32(35)24-30)34(38)40-29-19-17-28(18-20-29)33-36-25-27(26-37-33)16-14-12-8-6-4-2/h17-22,24-26H,3-16,23H2,1-2H3. The Labute approximate surface area is 239 Å². The Kier molecular flexibility index (Phi) is 14.2. The number of carbonyl (C=O) groups excluding carboxylic acids is 1. The number of halogens is 1. The van der Waals surface area contributed by atoms with E-state index in [1.54, 1.807) is 30.3 Å². The van der Waals surface area contributed by atoms with Crippen molar-refractivity contribution in [3.8, 4) is 22.9 Å². The van der Waals surface area contributed by atoms with E-state index in [-0.39, 0.29) is 5.56 Å². The fraction of sp³-hybridized carbons (Fsp3) is 0.500. The number of nitrogens with zero attached hydrogens (tertiary/aromatic N) is 2. The SMILES string of the molecule is CCCCCCCCCCOc1ccc(C(=O)Oc2ccc(-c3ncc(CCCCCCC)cn3)cc2)c(F)c1. The highest BCUT2D eigenvalue weighted by atomic mass is 19.1. The summed E-state index contributed by atoms with van der Waals surface area (Å²) in [4.78, 5) is 21.6. The number of esters is 1. The van der Waals surface area contributed by atoms with E-state index in [0.29, 0.717) is 23.9 Å². The molecule has 1 heterocycles. The Morgan fingerprint density at radius 3 is 1.93 bits per heavy atom. The highest BCUT2D eigenvalue weighted by Crippen LogP contribution is 2.23. The molecule has 5 nitrogen and oxygen atoms in total. The number of aryl methyl sites for hydroxylation is 1. The van der Waals surface area contributed by atoms with Crippen LogP contribution in [0.25, 0.3) is 11.4 Å². The molecule has 0 saturated carbocycles. The normalized spacial score (nSPS) is 11.0. The van der Waals surface area contributed by atoms with Gasteiger partial charge in [0.25, 0.3) is 0 Å². The predicted molar refractivity (Wildman–Crippen MR) is 159 cm³/mol. The lowest BCUT2D eigenvalue weighted by Crippen LogP contribution is -2.11. The van der Waals surface area contributed by atoms with E-state index in [1.807, 2.05) is 12.4 Å². The van der Waals surface area contributed by atoms with Crippen molar-refractivity contribution in [2.75, 3.05) is 6.61 Å². The maximum Gasteiger partial charge on any atom is 0.346 e. The Morgan fingerprint density at radius 1 is 0.725 bits per heavy atom. The summed E-state index contributed by atoms with van der Waals surface area (Å²) in [5, 5.41) is 0. The van der Waals surface area contributed by atoms with Gasteiger partial charge in [0, 0.05) is 24.0 Å². The minimum absolute atomic E-state index is 0.128. The largest absolute Gasteiger partial charge is 0.493 e. The first-order valence-electron chi connectivity index (χ1n) is 15.2. The van der Waals surface area contributed by atoms with Gasteiger partial charge in [-0.1, -0.05) is 84.5 Å². The summed E-state index contributed by atoms with van der Waals surface area (Å²) in [6.07, 6.45) is 20.6. The van der Waals surface area contributed by atoms with Gasteiger partial charge in [-0.2, -0.15) is 0 Å². The maximum atomic E-state index is 14.6. The zero-order valence-electron chi connectivity index (χ0n) is 24.3. The first-order valence-corrected chi connectivity index (χ1v) is 15.2. The highest BCUT2D eigenvalue weighted by molar-refractivity contribution is 5.91. The van der Waals surface area contributed by atoms with Gasteiger partial charge >= 0.3 is 5.97 Å². The summed E-state index contributed by atoms with van der Waals surface area (Å²) in [5.41, 5.74) is 1.83. The maximum absolute atomic E-state index is 14.6. The van der Waals surface area contributed by atoms with Crippen LogP contribution in [0.1, 0.15) is 113 Å². The molecule has 0 N–H and O–H groups in total. The molecule has 0 unspecified atom stereocenters. The summed E-state index contributed by atoms with van der Waals surface area (Å²) in [6, 6.07) is 11.2. The molecular formula is C34H45FN2O3. The van der Waals surface area contributed by atoms with E-state index in [2.05, 4.69) is 23.8 Å². The van der Waals surface area contributed by atoms with Crippen LogP contribution in [0.15, 0.2) is 54.9 Å². The quantitative estimate of drug-likeness (QED) is 0.0848. The van der Waals surface area contributed by atoms with Crippen molar-refractivity contribution in [1.29, 1.82) is 0 Å². The van der Waals surface area contributed by atoms with Crippen molar-refractivity contribution >= 4 is 5.97 Å². The summed E-state index contributed by atoms with van der Waals surface area (Å²) in [6.45, 7) is 4.98. The van der Waals surface area contributed by atoms with Gasteiger partial charge in [-0.25, -0.2) is 19.2 Å². The summed E-state index contributed by atoms with van der Waals surface area (Å²) < 4.78 is 25.7. The monoisotopic (exact) mass is 548 g/mol. The number of ether oxygens (including phenoxy) is 2. The van der Waals surface area contributed by atoms with Crippen LogP contribution in [0.5, 0.6) is 11.5 Å². The molecule has 0 bridgehead atoms. The van der Waals surface area contributed by atoms with E-state index in [0.717, 1.165) is 36.8 Å². The van der Waals surface area contributed by atoms with Crippen LogP contribution in [0.3, 0.4) is 0 Å². The summed E-state index contributed by atoms with van der Waals surface area (Å²) >= 11 is 0. The number of hydrogen-bond donors (Lipinski definition) is 0. The number of carbonyl (C=O) groups is 1. The zero-order chi connectivity index (χ0) is 28.4. The Morgan fingerprint density at radius 2 is 1.30 bits per heavy atom. The molecule has 0 atom stereocenters.